The van der Waals surface area contributed by atoms with E-state index in [-0.39, 0.29) is 0 Å². The van der Waals surface area contributed by atoms with E-state index in [1.54, 1.807) is 11.8 Å². The molecule has 0 amide bonds. The van der Waals surface area contributed by atoms with E-state index in [1.807, 2.05) is 13.2 Å². The Kier molecular flexibility index (Phi) is 5.44. The molecule has 0 bridgehead atoms. The highest BCUT2D eigenvalue weighted by Gasteiger charge is 2.31. The smallest absolute Gasteiger partial charge is 0.0833 e. The largest absolute Gasteiger partial charge is 0.388 e. The number of aliphatic hydroxyl groups is 1. The maximum atomic E-state index is 10.1. The first-order chi connectivity index (χ1) is 7.09. The SMILES string of the molecule is CCCC(NCC(C)(O)CSC)C1CC1. The van der Waals surface area contributed by atoms with Gasteiger partial charge in [-0.1, -0.05) is 13.3 Å². The molecular weight excluding hydrogens is 206 g/mol. The van der Waals surface area contributed by atoms with Gasteiger partial charge >= 0.3 is 0 Å². The standard InChI is InChI=1S/C12H25NOS/c1-4-5-11(10-6-7-10)13-8-12(2,14)9-15-3/h10-11,13-14H,4-9H2,1-3H3. The van der Waals surface area contributed by atoms with Gasteiger partial charge in [-0.05, 0) is 38.4 Å². The van der Waals surface area contributed by atoms with E-state index >= 15 is 0 Å². The first-order valence-corrected chi connectivity index (χ1v) is 7.43. The molecule has 2 atom stereocenters. The van der Waals surface area contributed by atoms with Crippen molar-refractivity contribution in [1.82, 2.24) is 5.32 Å². The Morgan fingerprint density at radius 2 is 2.20 bits per heavy atom. The van der Waals surface area contributed by atoms with Gasteiger partial charge in [-0.15, -0.1) is 0 Å². The maximum Gasteiger partial charge on any atom is 0.0833 e. The van der Waals surface area contributed by atoms with Crippen molar-refractivity contribution in [3.8, 4) is 0 Å². The molecule has 2 unspecified atom stereocenters. The molecule has 0 spiro atoms. The van der Waals surface area contributed by atoms with E-state index in [4.69, 9.17) is 0 Å². The minimum atomic E-state index is -0.555. The summed E-state index contributed by atoms with van der Waals surface area (Å²) in [5.41, 5.74) is -0.555. The Hall–Kier alpha value is 0.270. The first kappa shape index (κ1) is 13.3. The minimum Gasteiger partial charge on any atom is -0.388 e. The van der Waals surface area contributed by atoms with E-state index in [1.165, 1.54) is 25.7 Å². The Labute approximate surface area is 98.2 Å². The summed E-state index contributed by atoms with van der Waals surface area (Å²) in [6.45, 7) is 4.89. The Morgan fingerprint density at radius 3 is 2.67 bits per heavy atom. The van der Waals surface area contributed by atoms with Crippen LogP contribution in [0.5, 0.6) is 0 Å². The van der Waals surface area contributed by atoms with E-state index in [0.29, 0.717) is 6.04 Å². The van der Waals surface area contributed by atoms with Crippen LogP contribution in [0.2, 0.25) is 0 Å². The van der Waals surface area contributed by atoms with Gasteiger partial charge in [-0.2, -0.15) is 11.8 Å². The third-order valence-electron chi connectivity index (χ3n) is 2.99. The molecule has 2 nitrogen and oxygen atoms in total. The van der Waals surface area contributed by atoms with E-state index in [9.17, 15) is 5.11 Å². The van der Waals surface area contributed by atoms with Gasteiger partial charge in [0.2, 0.25) is 0 Å². The van der Waals surface area contributed by atoms with Crippen molar-refractivity contribution in [2.45, 2.75) is 51.2 Å². The van der Waals surface area contributed by atoms with Crippen LogP contribution < -0.4 is 5.32 Å². The fraction of sp³-hybridized carbons (Fsp3) is 1.00. The molecule has 0 aliphatic heterocycles. The van der Waals surface area contributed by atoms with Gasteiger partial charge in [-0.25, -0.2) is 0 Å². The van der Waals surface area contributed by atoms with Crippen LogP contribution in [0.25, 0.3) is 0 Å². The summed E-state index contributed by atoms with van der Waals surface area (Å²) in [7, 11) is 0. The van der Waals surface area contributed by atoms with Crippen molar-refractivity contribution in [1.29, 1.82) is 0 Å². The number of nitrogens with one attached hydrogen (secondary N) is 1. The predicted molar refractivity (Wildman–Crippen MR) is 68.4 cm³/mol. The van der Waals surface area contributed by atoms with Crippen molar-refractivity contribution in [2.75, 3.05) is 18.6 Å². The molecule has 0 aromatic carbocycles. The Balaban J connectivity index is 2.25. The average molecular weight is 231 g/mol. The van der Waals surface area contributed by atoms with Crippen molar-refractivity contribution in [3.05, 3.63) is 0 Å². The number of hydrogen-bond acceptors (Lipinski definition) is 3. The average Bonchev–Trinajstić information content (AvgIpc) is 2.95. The topological polar surface area (TPSA) is 32.3 Å². The second kappa shape index (κ2) is 6.12. The molecule has 1 fully saturated rings. The first-order valence-electron chi connectivity index (χ1n) is 6.04. The van der Waals surface area contributed by atoms with Gasteiger partial charge < -0.3 is 10.4 Å². The van der Waals surface area contributed by atoms with Crippen LogP contribution in [-0.2, 0) is 0 Å². The van der Waals surface area contributed by atoms with Gasteiger partial charge in [0.25, 0.3) is 0 Å². The van der Waals surface area contributed by atoms with Crippen LogP contribution in [0.3, 0.4) is 0 Å². The fourth-order valence-corrected chi connectivity index (χ4v) is 2.75. The second-order valence-corrected chi connectivity index (χ2v) is 5.91. The molecule has 3 heteroatoms. The highest BCUT2D eigenvalue weighted by molar-refractivity contribution is 7.98. The zero-order chi connectivity index (χ0) is 11.3. The van der Waals surface area contributed by atoms with Crippen LogP contribution >= 0.6 is 11.8 Å². The van der Waals surface area contributed by atoms with Crippen LogP contribution in [0.15, 0.2) is 0 Å². The molecule has 2 N–H and O–H groups in total. The summed E-state index contributed by atoms with van der Waals surface area (Å²) in [6, 6.07) is 0.642. The summed E-state index contributed by atoms with van der Waals surface area (Å²) < 4.78 is 0. The van der Waals surface area contributed by atoms with Crippen LogP contribution in [0.4, 0.5) is 0 Å². The van der Waals surface area contributed by atoms with Crippen LogP contribution in [-0.4, -0.2) is 35.3 Å². The van der Waals surface area contributed by atoms with Gasteiger partial charge in [0.05, 0.1) is 5.60 Å². The molecule has 0 saturated heterocycles. The van der Waals surface area contributed by atoms with Gasteiger partial charge in [0, 0.05) is 18.3 Å². The maximum absolute atomic E-state index is 10.1. The lowest BCUT2D eigenvalue weighted by atomic mass is 10.0. The van der Waals surface area contributed by atoms with E-state index in [0.717, 1.165) is 18.2 Å². The normalized spacial score (nSPS) is 22.4. The minimum absolute atomic E-state index is 0.555. The quantitative estimate of drug-likeness (QED) is 0.672. The van der Waals surface area contributed by atoms with E-state index in [2.05, 4.69) is 12.2 Å². The van der Waals surface area contributed by atoms with Gasteiger partial charge in [0.1, 0.15) is 0 Å². The summed E-state index contributed by atoms with van der Waals surface area (Å²) in [6.07, 6.45) is 7.28. The number of thioether (sulfide) groups is 1. The Bertz CT molecular complexity index is 180. The van der Waals surface area contributed by atoms with Gasteiger partial charge in [-0.3, -0.25) is 0 Å². The lowest BCUT2D eigenvalue weighted by Gasteiger charge is -2.26. The predicted octanol–water partition coefficient (Wildman–Crippen LogP) is 2.27. The summed E-state index contributed by atoms with van der Waals surface area (Å²) in [5, 5.41) is 13.6. The zero-order valence-electron chi connectivity index (χ0n) is 10.3. The fourth-order valence-electron chi connectivity index (χ4n) is 2.03. The summed E-state index contributed by atoms with van der Waals surface area (Å²) in [5.74, 6) is 1.69. The van der Waals surface area contributed by atoms with Crippen molar-refractivity contribution < 1.29 is 5.11 Å². The van der Waals surface area contributed by atoms with Gasteiger partial charge in [0.15, 0.2) is 0 Å². The molecule has 1 aliphatic carbocycles. The van der Waals surface area contributed by atoms with Crippen molar-refractivity contribution >= 4 is 11.8 Å². The lowest BCUT2D eigenvalue weighted by Crippen LogP contribution is -2.44. The molecule has 1 aliphatic rings. The monoisotopic (exact) mass is 231 g/mol. The zero-order valence-corrected chi connectivity index (χ0v) is 11.1. The molecule has 0 heterocycles. The highest BCUT2D eigenvalue weighted by Crippen LogP contribution is 2.34. The second-order valence-electron chi connectivity index (χ2n) is 5.04. The Morgan fingerprint density at radius 1 is 1.53 bits per heavy atom. The molecule has 1 rings (SSSR count). The number of rotatable bonds is 8. The molecule has 0 radical (unpaired) electrons. The van der Waals surface area contributed by atoms with Crippen molar-refractivity contribution in [3.63, 3.8) is 0 Å². The third-order valence-corrected chi connectivity index (χ3v) is 3.90. The summed E-state index contributed by atoms with van der Waals surface area (Å²) in [4.78, 5) is 0. The lowest BCUT2D eigenvalue weighted by molar-refractivity contribution is 0.0799. The summed E-state index contributed by atoms with van der Waals surface area (Å²) >= 11 is 1.71. The number of hydrogen-bond donors (Lipinski definition) is 2. The molecule has 90 valence electrons. The van der Waals surface area contributed by atoms with Crippen LogP contribution in [0, 0.1) is 5.92 Å². The van der Waals surface area contributed by atoms with E-state index < -0.39 is 5.60 Å². The molecular formula is C12H25NOS. The molecule has 15 heavy (non-hydrogen) atoms. The molecule has 0 aromatic heterocycles. The highest BCUT2D eigenvalue weighted by atomic mass is 32.2. The molecule has 1 saturated carbocycles. The third kappa shape index (κ3) is 5.23. The molecule has 0 aromatic rings. The van der Waals surface area contributed by atoms with Crippen molar-refractivity contribution in [2.24, 2.45) is 5.92 Å². The van der Waals surface area contributed by atoms with Crippen LogP contribution in [0.1, 0.15) is 39.5 Å².